The molecule has 0 saturated heterocycles. The molecule has 0 unspecified atom stereocenters. The van der Waals surface area contributed by atoms with Crippen LogP contribution in [0.5, 0.6) is 0 Å². The molecule has 6 heteroatoms. The minimum atomic E-state index is -0.0892. The van der Waals surface area contributed by atoms with Crippen LogP contribution in [0.2, 0.25) is 0 Å². The zero-order chi connectivity index (χ0) is 25.2. The maximum Gasteiger partial charge on any atom is 0.264 e. The molecule has 5 aromatic carbocycles. The number of rotatable bonds is 3. The minimum Gasteiger partial charge on any atom is -0.416 e. The first-order valence-corrected chi connectivity index (χ1v) is 12.3. The summed E-state index contributed by atoms with van der Waals surface area (Å²) >= 11 is 0. The third kappa shape index (κ3) is 2.94. The molecule has 0 aliphatic heterocycles. The molecule has 178 valence electrons. The lowest BCUT2D eigenvalue weighted by molar-refractivity contribution is 0.585. The molecule has 3 aromatic heterocycles. The lowest BCUT2D eigenvalue weighted by Gasteiger charge is -2.09. The van der Waals surface area contributed by atoms with Crippen LogP contribution in [0, 0.1) is 0 Å². The summed E-state index contributed by atoms with van der Waals surface area (Å²) < 4.78 is 7.86. The molecule has 8 rings (SSSR count). The quantitative estimate of drug-likeness (QED) is 0.267. The summed E-state index contributed by atoms with van der Waals surface area (Å²) in [6.07, 6.45) is 0. The van der Waals surface area contributed by atoms with Gasteiger partial charge in [-0.25, -0.2) is 4.98 Å². The van der Waals surface area contributed by atoms with Gasteiger partial charge in [-0.2, -0.15) is 0 Å². The van der Waals surface area contributed by atoms with Gasteiger partial charge in [-0.3, -0.25) is 9.20 Å². The zero-order valence-electron chi connectivity index (χ0n) is 20.0. The molecule has 0 fully saturated rings. The molecule has 0 bridgehead atoms. The van der Waals surface area contributed by atoms with Crippen molar-refractivity contribution in [2.75, 3.05) is 0 Å². The minimum absolute atomic E-state index is 0.0892. The second kappa shape index (κ2) is 7.82. The van der Waals surface area contributed by atoms with Crippen LogP contribution >= 0.6 is 0 Å². The molecule has 0 atom stereocenters. The molecular formula is C32H18N4O2. The number of nitrogens with zero attached hydrogens (tertiary/aromatic N) is 4. The van der Waals surface area contributed by atoms with Crippen molar-refractivity contribution in [2.45, 2.75) is 0 Å². The number of para-hydroxylation sites is 2. The van der Waals surface area contributed by atoms with E-state index >= 15 is 0 Å². The number of fused-ring (bicyclic) bond motifs is 4. The third-order valence-electron chi connectivity index (χ3n) is 7.17. The van der Waals surface area contributed by atoms with Crippen molar-refractivity contribution in [3.63, 3.8) is 0 Å². The first-order valence-electron chi connectivity index (χ1n) is 12.3. The van der Waals surface area contributed by atoms with Gasteiger partial charge in [0.25, 0.3) is 5.56 Å². The Kier molecular flexibility index (Phi) is 4.28. The van der Waals surface area contributed by atoms with Crippen molar-refractivity contribution in [1.82, 2.24) is 19.6 Å². The third-order valence-corrected chi connectivity index (χ3v) is 7.17. The number of hydrogen-bond donors (Lipinski definition) is 0. The lowest BCUT2D eigenvalue weighted by Crippen LogP contribution is -2.13. The summed E-state index contributed by atoms with van der Waals surface area (Å²) in [5.41, 5.74) is 6.05. The highest BCUT2D eigenvalue weighted by Gasteiger charge is 2.20. The standard InChI is InChI=1S/C32H18N4O2/c37-32-25-10-6-9-22-23(17-18-24(28(22)25)29-33-26-11-4-5-12-27(26)36(29)32)31-35-34-30(38-31)21-15-13-20(14-16-21)19-7-2-1-3-8-19/h1-18H. The number of imidazole rings is 1. The lowest BCUT2D eigenvalue weighted by atomic mass is 9.98. The number of aromatic nitrogens is 4. The first-order chi connectivity index (χ1) is 18.8. The van der Waals surface area contributed by atoms with Gasteiger partial charge in [-0.1, -0.05) is 66.7 Å². The van der Waals surface area contributed by atoms with E-state index in [1.165, 1.54) is 0 Å². The van der Waals surface area contributed by atoms with Crippen LogP contribution < -0.4 is 5.56 Å². The van der Waals surface area contributed by atoms with E-state index in [0.717, 1.165) is 49.4 Å². The number of benzene rings is 5. The van der Waals surface area contributed by atoms with Crippen molar-refractivity contribution >= 4 is 38.2 Å². The Bertz CT molecular complexity index is 2200. The van der Waals surface area contributed by atoms with Gasteiger partial charge in [0.2, 0.25) is 11.8 Å². The molecule has 8 aromatic rings. The molecule has 0 N–H and O–H groups in total. The molecule has 6 nitrogen and oxygen atoms in total. The second-order valence-electron chi connectivity index (χ2n) is 9.31. The van der Waals surface area contributed by atoms with Crippen LogP contribution in [0.3, 0.4) is 0 Å². The van der Waals surface area contributed by atoms with E-state index in [4.69, 9.17) is 9.40 Å². The van der Waals surface area contributed by atoms with Crippen LogP contribution in [0.25, 0.3) is 72.3 Å². The monoisotopic (exact) mass is 490 g/mol. The maximum atomic E-state index is 13.6. The Labute approximate surface area is 215 Å². The summed E-state index contributed by atoms with van der Waals surface area (Å²) in [5, 5.41) is 12.0. The van der Waals surface area contributed by atoms with Crippen LogP contribution in [-0.4, -0.2) is 19.6 Å². The van der Waals surface area contributed by atoms with E-state index in [0.29, 0.717) is 22.8 Å². The second-order valence-corrected chi connectivity index (χ2v) is 9.31. The Balaban J connectivity index is 1.28. The van der Waals surface area contributed by atoms with Gasteiger partial charge in [-0.15, -0.1) is 10.2 Å². The maximum absolute atomic E-state index is 13.6. The molecule has 0 spiro atoms. The molecule has 0 radical (unpaired) electrons. The van der Waals surface area contributed by atoms with Gasteiger partial charge < -0.3 is 4.42 Å². The van der Waals surface area contributed by atoms with Gasteiger partial charge in [0, 0.05) is 27.3 Å². The normalized spacial score (nSPS) is 11.8. The molecule has 0 amide bonds. The highest BCUT2D eigenvalue weighted by atomic mass is 16.4. The fraction of sp³-hybridized carbons (Fsp3) is 0. The van der Waals surface area contributed by atoms with E-state index < -0.39 is 0 Å². The van der Waals surface area contributed by atoms with Crippen molar-refractivity contribution in [3.05, 3.63) is 120 Å². The smallest absolute Gasteiger partial charge is 0.264 e. The van der Waals surface area contributed by atoms with Gasteiger partial charge in [-0.05, 0) is 59.0 Å². The van der Waals surface area contributed by atoms with E-state index in [-0.39, 0.29) is 5.56 Å². The number of hydrogen-bond acceptors (Lipinski definition) is 5. The van der Waals surface area contributed by atoms with E-state index in [9.17, 15) is 4.79 Å². The summed E-state index contributed by atoms with van der Waals surface area (Å²) in [7, 11) is 0. The molecule has 0 saturated carbocycles. The van der Waals surface area contributed by atoms with Crippen molar-refractivity contribution in [2.24, 2.45) is 0 Å². The molecule has 0 aliphatic rings. The summed E-state index contributed by atoms with van der Waals surface area (Å²) in [5.74, 6) is 0.848. The Morgan fingerprint density at radius 2 is 1.29 bits per heavy atom. The molecule has 38 heavy (non-hydrogen) atoms. The van der Waals surface area contributed by atoms with Crippen LogP contribution in [0.1, 0.15) is 0 Å². The van der Waals surface area contributed by atoms with Gasteiger partial charge >= 0.3 is 0 Å². The van der Waals surface area contributed by atoms with Crippen molar-refractivity contribution in [3.8, 4) is 34.0 Å². The fourth-order valence-electron chi connectivity index (χ4n) is 5.38. The number of pyridine rings is 1. The first kappa shape index (κ1) is 20.8. The summed E-state index contributed by atoms with van der Waals surface area (Å²) in [6.45, 7) is 0. The van der Waals surface area contributed by atoms with Crippen LogP contribution in [-0.2, 0) is 0 Å². The SMILES string of the molecule is O=c1c2cccc3c(-c4nnc(-c5ccc(-c6ccccc6)cc5)o4)ccc(c32)c2nc3ccccc3n12. The van der Waals surface area contributed by atoms with Gasteiger partial charge in [0.05, 0.1) is 11.0 Å². The Morgan fingerprint density at radius 1 is 0.579 bits per heavy atom. The van der Waals surface area contributed by atoms with E-state index in [2.05, 4.69) is 34.5 Å². The highest BCUT2D eigenvalue weighted by Crippen LogP contribution is 2.36. The van der Waals surface area contributed by atoms with Crippen LogP contribution in [0.4, 0.5) is 0 Å². The molecule has 0 aliphatic carbocycles. The zero-order valence-corrected chi connectivity index (χ0v) is 20.0. The van der Waals surface area contributed by atoms with E-state index in [1.54, 1.807) is 4.40 Å². The van der Waals surface area contributed by atoms with Crippen molar-refractivity contribution < 1.29 is 4.42 Å². The molecular weight excluding hydrogens is 472 g/mol. The predicted molar refractivity (Wildman–Crippen MR) is 149 cm³/mol. The predicted octanol–water partition coefficient (Wildman–Crippen LogP) is 6.98. The van der Waals surface area contributed by atoms with E-state index in [1.807, 2.05) is 84.9 Å². The average molecular weight is 491 g/mol. The topological polar surface area (TPSA) is 73.3 Å². The van der Waals surface area contributed by atoms with Gasteiger partial charge in [0.15, 0.2) is 0 Å². The average Bonchev–Trinajstić information content (AvgIpc) is 3.62. The fourth-order valence-corrected chi connectivity index (χ4v) is 5.38. The van der Waals surface area contributed by atoms with Gasteiger partial charge in [0.1, 0.15) is 5.65 Å². The largest absolute Gasteiger partial charge is 0.416 e. The Morgan fingerprint density at radius 3 is 2.16 bits per heavy atom. The highest BCUT2D eigenvalue weighted by molar-refractivity contribution is 6.18. The Hall–Kier alpha value is -5.36. The summed E-state index contributed by atoms with van der Waals surface area (Å²) in [4.78, 5) is 18.4. The molecule has 3 heterocycles. The summed E-state index contributed by atoms with van der Waals surface area (Å²) in [6, 6.07) is 35.7. The van der Waals surface area contributed by atoms with Crippen LogP contribution in [0.15, 0.2) is 118 Å². The van der Waals surface area contributed by atoms with Crippen molar-refractivity contribution in [1.29, 1.82) is 0 Å².